The molecule has 2 saturated heterocycles. The average molecular weight is 435 g/mol. The Balaban J connectivity index is 0.000000298. The van der Waals surface area contributed by atoms with E-state index in [1.54, 1.807) is 11.3 Å². The molecule has 11 heteroatoms. The lowest BCUT2D eigenvalue weighted by Crippen LogP contribution is -2.45. The quantitative estimate of drug-likeness (QED) is 0.754. The number of aryl methyl sites for hydroxylation is 1. The van der Waals surface area contributed by atoms with Crippen molar-refractivity contribution in [3.05, 3.63) is 16.1 Å². The van der Waals surface area contributed by atoms with Gasteiger partial charge in [-0.25, -0.2) is 9.78 Å². The summed E-state index contributed by atoms with van der Waals surface area (Å²) in [6.45, 7) is 5.39. The van der Waals surface area contributed by atoms with Crippen LogP contribution in [0.4, 0.5) is 13.2 Å². The first-order valence-electron chi connectivity index (χ1n) is 9.48. The molecule has 1 amide bonds. The summed E-state index contributed by atoms with van der Waals surface area (Å²) < 4.78 is 37.4. The molecular formula is C18H24F3N3O4S. The van der Waals surface area contributed by atoms with Gasteiger partial charge in [-0.05, 0) is 19.8 Å². The monoisotopic (exact) mass is 435 g/mol. The summed E-state index contributed by atoms with van der Waals surface area (Å²) in [7, 11) is 0. The minimum absolute atomic E-state index is 0.236. The van der Waals surface area contributed by atoms with Crippen LogP contribution in [0.3, 0.4) is 0 Å². The molecule has 1 saturated carbocycles. The number of hydrogen-bond donors (Lipinski definition) is 2. The van der Waals surface area contributed by atoms with Crippen LogP contribution < -0.4 is 5.32 Å². The molecule has 3 atom stereocenters. The Morgan fingerprint density at radius 3 is 2.59 bits per heavy atom. The zero-order valence-electron chi connectivity index (χ0n) is 15.9. The van der Waals surface area contributed by atoms with E-state index in [1.165, 1.54) is 6.42 Å². The van der Waals surface area contributed by atoms with Gasteiger partial charge in [-0.2, -0.15) is 13.2 Å². The second-order valence-electron chi connectivity index (χ2n) is 7.60. The van der Waals surface area contributed by atoms with Gasteiger partial charge in [-0.1, -0.05) is 6.42 Å². The number of rotatable bonds is 4. The van der Waals surface area contributed by atoms with Gasteiger partial charge in [0.2, 0.25) is 5.91 Å². The molecule has 1 aliphatic carbocycles. The number of halogens is 3. The van der Waals surface area contributed by atoms with Crippen molar-refractivity contribution in [2.75, 3.05) is 19.8 Å². The maximum atomic E-state index is 12.3. The summed E-state index contributed by atoms with van der Waals surface area (Å²) in [4.78, 5) is 28.2. The Kier molecular flexibility index (Phi) is 6.79. The highest BCUT2D eigenvalue weighted by Gasteiger charge is 2.46. The van der Waals surface area contributed by atoms with E-state index in [1.807, 2.05) is 6.92 Å². The van der Waals surface area contributed by atoms with Crippen LogP contribution in [0.15, 0.2) is 5.38 Å². The topological polar surface area (TPSA) is 91.8 Å². The highest BCUT2D eigenvalue weighted by atomic mass is 32.1. The van der Waals surface area contributed by atoms with Gasteiger partial charge in [-0.15, -0.1) is 11.3 Å². The Labute approximate surface area is 170 Å². The van der Waals surface area contributed by atoms with Crippen LogP contribution in [0, 0.1) is 18.8 Å². The summed E-state index contributed by atoms with van der Waals surface area (Å²) in [5.74, 6) is -1.81. The molecule has 162 valence electrons. The number of carboxylic acids is 1. The molecule has 4 rings (SSSR count). The molecule has 0 spiro atoms. The number of amides is 1. The molecule has 29 heavy (non-hydrogen) atoms. The lowest BCUT2D eigenvalue weighted by molar-refractivity contribution is -0.192. The van der Waals surface area contributed by atoms with Crippen LogP contribution in [0.5, 0.6) is 0 Å². The number of aliphatic carboxylic acids is 1. The second kappa shape index (κ2) is 8.97. The summed E-state index contributed by atoms with van der Waals surface area (Å²) >= 11 is 1.70. The fraction of sp³-hybridized carbons (Fsp3) is 0.722. The molecule has 7 nitrogen and oxygen atoms in total. The lowest BCUT2D eigenvalue weighted by Gasteiger charge is -2.27. The molecule has 0 radical (unpaired) electrons. The number of aromatic nitrogens is 1. The summed E-state index contributed by atoms with van der Waals surface area (Å²) in [5.41, 5.74) is 1.14. The van der Waals surface area contributed by atoms with Gasteiger partial charge in [0.1, 0.15) is 0 Å². The fourth-order valence-corrected chi connectivity index (χ4v) is 4.44. The Morgan fingerprint density at radius 1 is 1.38 bits per heavy atom. The number of fused-ring (bicyclic) bond motifs is 1. The van der Waals surface area contributed by atoms with E-state index in [0.717, 1.165) is 49.8 Å². The third kappa shape index (κ3) is 5.46. The number of hydrogen-bond acceptors (Lipinski definition) is 6. The SMILES string of the molecule is Cc1nc(CN2C[C@@H](NC(=O)C3CCC3)[C@H]3COC[C@H]32)cs1.O=C(O)C(F)(F)F. The van der Waals surface area contributed by atoms with Crippen LogP contribution in [-0.4, -0.2) is 64.9 Å². The van der Waals surface area contributed by atoms with Crippen molar-refractivity contribution in [3.63, 3.8) is 0 Å². The number of alkyl halides is 3. The van der Waals surface area contributed by atoms with E-state index in [0.29, 0.717) is 12.0 Å². The molecule has 0 bridgehead atoms. The maximum absolute atomic E-state index is 12.3. The number of carbonyl (C=O) groups excluding carboxylic acids is 1. The Morgan fingerprint density at radius 2 is 2.07 bits per heavy atom. The van der Waals surface area contributed by atoms with Crippen LogP contribution >= 0.6 is 11.3 Å². The third-order valence-corrected chi connectivity index (χ3v) is 6.41. The van der Waals surface area contributed by atoms with Crippen molar-refractivity contribution >= 4 is 23.2 Å². The molecule has 3 aliphatic rings. The van der Waals surface area contributed by atoms with Crippen molar-refractivity contribution in [1.29, 1.82) is 0 Å². The molecule has 3 heterocycles. The first-order chi connectivity index (χ1) is 13.6. The largest absolute Gasteiger partial charge is 0.490 e. The van der Waals surface area contributed by atoms with E-state index in [9.17, 15) is 18.0 Å². The van der Waals surface area contributed by atoms with E-state index in [2.05, 4.69) is 20.6 Å². The molecule has 1 aromatic rings. The number of carboxylic acid groups (broad SMARTS) is 1. The highest BCUT2D eigenvalue weighted by molar-refractivity contribution is 7.09. The Hall–Kier alpha value is -1.72. The van der Waals surface area contributed by atoms with Crippen LogP contribution in [0.25, 0.3) is 0 Å². The highest BCUT2D eigenvalue weighted by Crippen LogP contribution is 2.33. The normalized spacial score (nSPS) is 27.0. The maximum Gasteiger partial charge on any atom is 0.490 e. The smallest absolute Gasteiger partial charge is 0.475 e. The molecule has 3 fully saturated rings. The molecular weight excluding hydrogens is 411 g/mol. The van der Waals surface area contributed by atoms with Gasteiger partial charge in [0.25, 0.3) is 0 Å². The number of nitrogens with one attached hydrogen (secondary N) is 1. The molecule has 0 unspecified atom stereocenters. The minimum Gasteiger partial charge on any atom is -0.475 e. The number of carbonyl (C=O) groups is 2. The summed E-state index contributed by atoms with van der Waals surface area (Å²) in [6, 6.07) is 0.661. The van der Waals surface area contributed by atoms with Gasteiger partial charge in [0, 0.05) is 42.4 Å². The number of likely N-dealkylation sites (tertiary alicyclic amines) is 1. The molecule has 1 aromatic heterocycles. The van der Waals surface area contributed by atoms with Gasteiger partial charge in [0.05, 0.1) is 23.9 Å². The Bertz CT molecular complexity index is 738. The van der Waals surface area contributed by atoms with Gasteiger partial charge >= 0.3 is 12.1 Å². The van der Waals surface area contributed by atoms with E-state index in [-0.39, 0.29) is 17.9 Å². The predicted octanol–water partition coefficient (Wildman–Crippen LogP) is 2.20. The second-order valence-corrected chi connectivity index (χ2v) is 8.66. The predicted molar refractivity (Wildman–Crippen MR) is 98.3 cm³/mol. The van der Waals surface area contributed by atoms with Crippen molar-refractivity contribution in [3.8, 4) is 0 Å². The lowest BCUT2D eigenvalue weighted by atomic mass is 9.84. The standard InChI is InChI=1S/C16H23N3O2S.C2HF3O2/c1-10-17-12(9-22-10)5-19-6-14(13-7-21-8-15(13)19)18-16(20)11-3-2-4-11;3-2(4,5)1(6)7/h9,11,13-15H,2-8H2,1H3,(H,18,20);(H,6,7)/t13-,14-,15-;/m1./s1. The van der Waals surface area contributed by atoms with Gasteiger partial charge in [-0.3, -0.25) is 9.69 Å². The van der Waals surface area contributed by atoms with Crippen LogP contribution in [0.2, 0.25) is 0 Å². The first-order valence-corrected chi connectivity index (χ1v) is 10.4. The number of nitrogens with zero attached hydrogens (tertiary/aromatic N) is 2. The van der Waals surface area contributed by atoms with Crippen molar-refractivity contribution in [2.24, 2.45) is 11.8 Å². The summed E-state index contributed by atoms with van der Waals surface area (Å²) in [5, 5.41) is 13.7. The minimum atomic E-state index is -5.08. The molecule has 2 aliphatic heterocycles. The number of ether oxygens (including phenoxy) is 1. The average Bonchev–Trinajstić information content (AvgIpc) is 3.25. The molecule has 2 N–H and O–H groups in total. The first kappa shape index (κ1) is 22.0. The van der Waals surface area contributed by atoms with Crippen molar-refractivity contribution in [1.82, 2.24) is 15.2 Å². The molecule has 0 aromatic carbocycles. The van der Waals surface area contributed by atoms with Crippen molar-refractivity contribution in [2.45, 2.75) is 51.0 Å². The van der Waals surface area contributed by atoms with Crippen molar-refractivity contribution < 1.29 is 32.6 Å². The van der Waals surface area contributed by atoms with Gasteiger partial charge < -0.3 is 15.2 Å². The van der Waals surface area contributed by atoms with Gasteiger partial charge in [0.15, 0.2) is 0 Å². The zero-order chi connectivity index (χ0) is 21.2. The number of thiazole rings is 1. The van der Waals surface area contributed by atoms with Crippen LogP contribution in [-0.2, 0) is 20.9 Å². The summed E-state index contributed by atoms with van der Waals surface area (Å²) in [6.07, 6.45) is -1.76. The van der Waals surface area contributed by atoms with E-state index in [4.69, 9.17) is 14.6 Å². The third-order valence-electron chi connectivity index (χ3n) is 5.59. The van der Waals surface area contributed by atoms with E-state index < -0.39 is 12.1 Å². The van der Waals surface area contributed by atoms with E-state index >= 15 is 0 Å². The fourth-order valence-electron chi connectivity index (χ4n) is 3.84. The van der Waals surface area contributed by atoms with Crippen LogP contribution in [0.1, 0.15) is 30.0 Å². The zero-order valence-corrected chi connectivity index (χ0v) is 16.8.